The standard InChI is InChI=1S/C23H23N3O5S/c27-20(26(17-7-2-1-3-8-17)18-11-13-32(30,31)15-18)14-25-21(28)23(24-22(25)29)12-10-16-6-4-5-9-19(16)23/h1-9,18H,10-15H2,(H,24,29). The molecule has 166 valence electrons. The van der Waals surface area contributed by atoms with E-state index in [4.69, 9.17) is 0 Å². The number of para-hydroxylation sites is 1. The van der Waals surface area contributed by atoms with Crippen LogP contribution >= 0.6 is 0 Å². The van der Waals surface area contributed by atoms with Gasteiger partial charge in [0.05, 0.1) is 17.5 Å². The highest BCUT2D eigenvalue weighted by Crippen LogP contribution is 2.41. The van der Waals surface area contributed by atoms with Gasteiger partial charge in [0.1, 0.15) is 12.1 Å². The second-order valence-corrected chi connectivity index (χ2v) is 10.8. The lowest BCUT2D eigenvalue weighted by Gasteiger charge is -2.30. The van der Waals surface area contributed by atoms with Crippen molar-refractivity contribution in [1.29, 1.82) is 0 Å². The summed E-state index contributed by atoms with van der Waals surface area (Å²) in [5.41, 5.74) is 1.20. The zero-order chi connectivity index (χ0) is 22.5. The number of imide groups is 1. The Balaban J connectivity index is 1.43. The number of carbonyl (C=O) groups excluding carboxylic acids is 3. The van der Waals surface area contributed by atoms with Crippen LogP contribution in [0, 0.1) is 0 Å². The average Bonchev–Trinajstić information content (AvgIpc) is 3.40. The molecular formula is C23H23N3O5S. The fraction of sp³-hybridized carbons (Fsp3) is 0.348. The number of nitrogens with one attached hydrogen (secondary N) is 1. The Morgan fingerprint density at radius 1 is 1.09 bits per heavy atom. The van der Waals surface area contributed by atoms with Gasteiger partial charge in [-0.3, -0.25) is 14.5 Å². The Hall–Kier alpha value is -3.20. The molecule has 2 heterocycles. The highest BCUT2D eigenvalue weighted by molar-refractivity contribution is 7.91. The molecule has 2 atom stereocenters. The average molecular weight is 454 g/mol. The predicted molar refractivity (Wildman–Crippen MR) is 118 cm³/mol. The van der Waals surface area contributed by atoms with Gasteiger partial charge in [0.25, 0.3) is 5.91 Å². The molecule has 0 saturated carbocycles. The van der Waals surface area contributed by atoms with E-state index in [1.54, 1.807) is 30.3 Å². The maximum absolute atomic E-state index is 13.4. The van der Waals surface area contributed by atoms with Crippen LogP contribution in [0.15, 0.2) is 54.6 Å². The van der Waals surface area contributed by atoms with Gasteiger partial charge in [-0.25, -0.2) is 13.2 Å². The summed E-state index contributed by atoms with van der Waals surface area (Å²) in [6, 6.07) is 15.1. The van der Waals surface area contributed by atoms with E-state index in [1.807, 2.05) is 24.3 Å². The number of amides is 4. The molecule has 0 aromatic heterocycles. The van der Waals surface area contributed by atoms with Crippen molar-refractivity contribution >= 4 is 33.4 Å². The van der Waals surface area contributed by atoms with Gasteiger partial charge in [-0.05, 0) is 42.5 Å². The molecule has 1 spiro atoms. The minimum absolute atomic E-state index is 0.0112. The Morgan fingerprint density at radius 2 is 1.81 bits per heavy atom. The molecular weight excluding hydrogens is 430 g/mol. The Bertz CT molecular complexity index is 1210. The molecule has 3 aliphatic rings. The largest absolute Gasteiger partial charge is 0.325 e. The number of rotatable bonds is 4. The topological polar surface area (TPSA) is 104 Å². The molecule has 5 rings (SSSR count). The number of anilines is 1. The van der Waals surface area contributed by atoms with Gasteiger partial charge in [0.15, 0.2) is 9.84 Å². The lowest BCUT2D eigenvalue weighted by atomic mass is 9.92. The third-order valence-corrected chi connectivity index (χ3v) is 8.34. The predicted octanol–water partition coefficient (Wildman–Crippen LogP) is 1.60. The van der Waals surface area contributed by atoms with Crippen LogP contribution in [-0.2, 0) is 31.4 Å². The number of hydrogen-bond donors (Lipinski definition) is 1. The summed E-state index contributed by atoms with van der Waals surface area (Å²) in [5.74, 6) is -1.04. The van der Waals surface area contributed by atoms with Crippen LogP contribution in [0.4, 0.5) is 10.5 Å². The summed E-state index contributed by atoms with van der Waals surface area (Å²) in [6.45, 7) is -0.444. The first kappa shape index (κ1) is 20.7. The van der Waals surface area contributed by atoms with Gasteiger partial charge in [0.2, 0.25) is 5.91 Å². The summed E-state index contributed by atoms with van der Waals surface area (Å²) >= 11 is 0. The number of fused-ring (bicyclic) bond motifs is 2. The van der Waals surface area contributed by atoms with Gasteiger partial charge in [-0.2, -0.15) is 0 Å². The van der Waals surface area contributed by atoms with Crippen molar-refractivity contribution in [3.63, 3.8) is 0 Å². The molecule has 2 aliphatic heterocycles. The SMILES string of the molecule is O=C1NC2(CCc3ccccc32)C(=O)N1CC(=O)N(c1ccccc1)C1CCS(=O)(=O)C1. The van der Waals surface area contributed by atoms with Crippen LogP contribution in [-0.4, -0.2) is 55.3 Å². The van der Waals surface area contributed by atoms with Crippen molar-refractivity contribution in [3.05, 3.63) is 65.7 Å². The summed E-state index contributed by atoms with van der Waals surface area (Å²) in [6.07, 6.45) is 1.44. The minimum Gasteiger partial charge on any atom is -0.319 e. The highest BCUT2D eigenvalue weighted by atomic mass is 32.2. The normalized spacial score (nSPS) is 25.8. The number of aryl methyl sites for hydroxylation is 1. The van der Waals surface area contributed by atoms with Crippen molar-refractivity contribution in [2.24, 2.45) is 0 Å². The summed E-state index contributed by atoms with van der Waals surface area (Å²) in [5, 5.41) is 2.82. The lowest BCUT2D eigenvalue weighted by Crippen LogP contribution is -2.48. The highest BCUT2D eigenvalue weighted by Gasteiger charge is 2.55. The Morgan fingerprint density at radius 3 is 2.53 bits per heavy atom. The lowest BCUT2D eigenvalue weighted by molar-refractivity contribution is -0.134. The second-order valence-electron chi connectivity index (χ2n) is 8.54. The van der Waals surface area contributed by atoms with E-state index in [0.717, 1.165) is 16.0 Å². The third-order valence-electron chi connectivity index (χ3n) is 6.59. The maximum atomic E-state index is 13.4. The number of carbonyl (C=O) groups is 3. The molecule has 8 nitrogen and oxygen atoms in total. The zero-order valence-corrected chi connectivity index (χ0v) is 18.2. The Kier molecular flexibility index (Phi) is 4.81. The molecule has 1 aliphatic carbocycles. The Labute approximate surface area is 186 Å². The van der Waals surface area contributed by atoms with Crippen LogP contribution in [0.25, 0.3) is 0 Å². The van der Waals surface area contributed by atoms with E-state index in [0.29, 0.717) is 24.9 Å². The van der Waals surface area contributed by atoms with Crippen molar-refractivity contribution in [2.45, 2.75) is 30.8 Å². The monoisotopic (exact) mass is 453 g/mol. The molecule has 0 bridgehead atoms. The molecule has 2 aromatic rings. The van der Waals surface area contributed by atoms with Crippen molar-refractivity contribution in [3.8, 4) is 0 Å². The number of urea groups is 1. The van der Waals surface area contributed by atoms with Crippen LogP contribution in [0.3, 0.4) is 0 Å². The van der Waals surface area contributed by atoms with Crippen LogP contribution < -0.4 is 10.2 Å². The van der Waals surface area contributed by atoms with Crippen molar-refractivity contribution in [2.75, 3.05) is 23.0 Å². The maximum Gasteiger partial charge on any atom is 0.325 e. The van der Waals surface area contributed by atoms with E-state index in [9.17, 15) is 22.8 Å². The van der Waals surface area contributed by atoms with Gasteiger partial charge < -0.3 is 10.2 Å². The summed E-state index contributed by atoms with van der Waals surface area (Å²) < 4.78 is 24.1. The van der Waals surface area contributed by atoms with Crippen LogP contribution in [0.5, 0.6) is 0 Å². The van der Waals surface area contributed by atoms with Crippen LogP contribution in [0.1, 0.15) is 24.0 Å². The molecule has 2 unspecified atom stereocenters. The quantitative estimate of drug-likeness (QED) is 0.709. The smallest absolute Gasteiger partial charge is 0.319 e. The fourth-order valence-electron chi connectivity index (χ4n) is 5.07. The minimum atomic E-state index is -3.24. The first-order valence-corrected chi connectivity index (χ1v) is 12.4. The first-order chi connectivity index (χ1) is 15.3. The van der Waals surface area contributed by atoms with Gasteiger partial charge in [0, 0.05) is 5.69 Å². The van der Waals surface area contributed by atoms with Crippen molar-refractivity contribution in [1.82, 2.24) is 10.2 Å². The molecule has 1 N–H and O–H groups in total. The molecule has 2 aromatic carbocycles. The first-order valence-electron chi connectivity index (χ1n) is 10.6. The van der Waals surface area contributed by atoms with E-state index in [2.05, 4.69) is 5.32 Å². The molecule has 32 heavy (non-hydrogen) atoms. The van der Waals surface area contributed by atoms with E-state index in [-0.39, 0.29) is 11.5 Å². The summed E-state index contributed by atoms with van der Waals surface area (Å²) in [4.78, 5) is 42.0. The van der Waals surface area contributed by atoms with E-state index >= 15 is 0 Å². The van der Waals surface area contributed by atoms with E-state index < -0.39 is 45.8 Å². The third kappa shape index (κ3) is 3.28. The van der Waals surface area contributed by atoms with Gasteiger partial charge in [-0.1, -0.05) is 42.5 Å². The molecule has 2 fully saturated rings. The molecule has 2 saturated heterocycles. The molecule has 0 radical (unpaired) electrons. The van der Waals surface area contributed by atoms with Crippen molar-refractivity contribution < 1.29 is 22.8 Å². The van der Waals surface area contributed by atoms with Gasteiger partial charge >= 0.3 is 6.03 Å². The number of benzene rings is 2. The van der Waals surface area contributed by atoms with Crippen LogP contribution in [0.2, 0.25) is 0 Å². The van der Waals surface area contributed by atoms with E-state index in [1.165, 1.54) is 4.90 Å². The molecule has 9 heteroatoms. The zero-order valence-electron chi connectivity index (χ0n) is 17.4. The molecule has 4 amide bonds. The second kappa shape index (κ2) is 7.44. The number of sulfone groups is 1. The number of nitrogens with zero attached hydrogens (tertiary/aromatic N) is 2. The van der Waals surface area contributed by atoms with Gasteiger partial charge in [-0.15, -0.1) is 0 Å². The number of hydrogen-bond acceptors (Lipinski definition) is 5. The summed E-state index contributed by atoms with van der Waals surface area (Å²) in [7, 11) is -3.24. The fourth-order valence-corrected chi connectivity index (χ4v) is 6.77.